The van der Waals surface area contributed by atoms with E-state index in [9.17, 15) is 18.3 Å². The number of benzene rings is 3. The highest BCUT2D eigenvalue weighted by Gasteiger charge is 2.36. The number of halogens is 1. The Hall–Kier alpha value is -3.33. The first-order valence-electron chi connectivity index (χ1n) is 11.2. The molecule has 0 aliphatic carbocycles. The minimum absolute atomic E-state index is 0.152. The summed E-state index contributed by atoms with van der Waals surface area (Å²) < 4.78 is 28.5. The van der Waals surface area contributed by atoms with Gasteiger partial charge in [-0.3, -0.25) is 9.52 Å². The largest absolute Gasteiger partial charge is 0.385 e. The Morgan fingerprint density at radius 2 is 1.69 bits per heavy atom. The fraction of sp³-hybridized carbons (Fsp3) is 0.192. The zero-order chi connectivity index (χ0) is 24.6. The van der Waals surface area contributed by atoms with Crippen LogP contribution in [0.15, 0.2) is 83.9 Å². The number of amides is 1. The molecule has 3 N–H and O–H groups in total. The molecule has 0 bridgehead atoms. The van der Waals surface area contributed by atoms with Crippen LogP contribution in [-0.2, 0) is 15.6 Å². The van der Waals surface area contributed by atoms with Gasteiger partial charge >= 0.3 is 0 Å². The van der Waals surface area contributed by atoms with Crippen molar-refractivity contribution in [3.63, 3.8) is 0 Å². The molecule has 1 saturated heterocycles. The van der Waals surface area contributed by atoms with Crippen molar-refractivity contribution in [3.8, 4) is 0 Å². The number of H-pyrrole nitrogens is 1. The number of fused-ring (bicyclic) bond motifs is 1. The number of rotatable bonds is 5. The van der Waals surface area contributed by atoms with E-state index in [4.69, 9.17) is 11.6 Å². The smallest absolute Gasteiger partial charge is 0.263 e. The standard InChI is InChI=1S/C26H24ClN3O4S/c27-22-6-2-1-5-21(22)26(32)13-16-30(17-14-26)25(31)19-8-10-20(11-9-19)29-35(33,34)23-7-3-4-18-12-15-28-24(18)23/h1-12,15,28-29,32H,13-14,16-17H2. The van der Waals surface area contributed by atoms with Crippen LogP contribution >= 0.6 is 11.6 Å². The summed E-state index contributed by atoms with van der Waals surface area (Å²) in [6.45, 7) is 0.768. The van der Waals surface area contributed by atoms with E-state index in [1.807, 2.05) is 30.3 Å². The molecule has 0 atom stereocenters. The molecule has 0 spiro atoms. The number of piperidine rings is 1. The van der Waals surface area contributed by atoms with Gasteiger partial charge in [0.2, 0.25) is 0 Å². The highest BCUT2D eigenvalue weighted by molar-refractivity contribution is 7.93. The lowest BCUT2D eigenvalue weighted by Gasteiger charge is -2.39. The predicted octanol–water partition coefficient (Wildman–Crippen LogP) is 4.75. The number of sulfonamides is 1. The maximum Gasteiger partial charge on any atom is 0.263 e. The molecule has 5 rings (SSSR count). The quantitative estimate of drug-likeness (QED) is 0.361. The molecule has 0 unspecified atom stereocenters. The zero-order valence-electron chi connectivity index (χ0n) is 18.7. The van der Waals surface area contributed by atoms with E-state index in [1.54, 1.807) is 53.6 Å². The number of hydrogen-bond acceptors (Lipinski definition) is 4. The molecular weight excluding hydrogens is 486 g/mol. The Morgan fingerprint density at radius 1 is 0.971 bits per heavy atom. The summed E-state index contributed by atoms with van der Waals surface area (Å²) in [6, 6.07) is 20.4. The summed E-state index contributed by atoms with van der Waals surface area (Å²) >= 11 is 6.27. The molecule has 0 radical (unpaired) electrons. The van der Waals surface area contributed by atoms with Crippen molar-refractivity contribution in [1.82, 2.24) is 9.88 Å². The molecule has 1 aliphatic rings. The number of hydrogen-bond donors (Lipinski definition) is 3. The van der Waals surface area contributed by atoms with Gasteiger partial charge in [0.15, 0.2) is 0 Å². The zero-order valence-corrected chi connectivity index (χ0v) is 20.3. The Kier molecular flexibility index (Phi) is 6.04. The molecule has 4 aromatic rings. The molecule has 1 aliphatic heterocycles. The first-order chi connectivity index (χ1) is 16.8. The van der Waals surface area contributed by atoms with Crippen LogP contribution in [0.4, 0.5) is 5.69 Å². The van der Waals surface area contributed by atoms with E-state index in [2.05, 4.69) is 9.71 Å². The van der Waals surface area contributed by atoms with Crippen LogP contribution in [0.2, 0.25) is 5.02 Å². The minimum atomic E-state index is -3.82. The summed E-state index contributed by atoms with van der Waals surface area (Å²) in [5, 5.41) is 12.4. The van der Waals surface area contributed by atoms with Crippen LogP contribution in [0.5, 0.6) is 0 Å². The summed E-state index contributed by atoms with van der Waals surface area (Å²) in [5.41, 5.74) is 0.952. The van der Waals surface area contributed by atoms with Crippen molar-refractivity contribution in [2.75, 3.05) is 17.8 Å². The second-order valence-corrected chi connectivity index (χ2v) is 10.7. The van der Waals surface area contributed by atoms with E-state index in [1.165, 1.54) is 0 Å². The molecule has 1 aromatic heterocycles. The van der Waals surface area contributed by atoms with Gasteiger partial charge in [-0.2, -0.15) is 0 Å². The fourth-order valence-corrected chi connectivity index (χ4v) is 6.11. The molecule has 0 saturated carbocycles. The van der Waals surface area contributed by atoms with Crippen molar-refractivity contribution < 1.29 is 18.3 Å². The number of nitrogens with zero attached hydrogens (tertiary/aromatic N) is 1. The first kappa shape index (κ1) is 23.4. The topological polar surface area (TPSA) is 102 Å². The van der Waals surface area contributed by atoms with Crippen molar-refractivity contribution >= 4 is 44.1 Å². The summed E-state index contributed by atoms with van der Waals surface area (Å²) in [4.78, 5) is 17.8. The number of carbonyl (C=O) groups excluding carboxylic acids is 1. The Bertz CT molecular complexity index is 1490. The fourth-order valence-electron chi connectivity index (χ4n) is 4.54. The average molecular weight is 510 g/mol. The van der Waals surface area contributed by atoms with Crippen LogP contribution in [-0.4, -0.2) is 42.4 Å². The molecular formula is C26H24ClN3O4S. The van der Waals surface area contributed by atoms with Gasteiger partial charge in [-0.25, -0.2) is 8.42 Å². The molecule has 35 heavy (non-hydrogen) atoms. The average Bonchev–Trinajstić information content (AvgIpc) is 3.33. The van der Waals surface area contributed by atoms with Gasteiger partial charge in [0.25, 0.3) is 15.9 Å². The lowest BCUT2D eigenvalue weighted by Crippen LogP contribution is -2.45. The SMILES string of the molecule is O=C(c1ccc(NS(=O)(=O)c2cccc3cc[nH]c23)cc1)N1CCC(O)(c2ccccc2Cl)CC1. The number of aliphatic hydroxyl groups is 1. The van der Waals surface area contributed by atoms with Crippen molar-refractivity contribution in [1.29, 1.82) is 0 Å². The van der Waals surface area contributed by atoms with Crippen molar-refractivity contribution in [2.24, 2.45) is 0 Å². The predicted molar refractivity (Wildman–Crippen MR) is 136 cm³/mol. The molecule has 180 valence electrons. The number of aromatic nitrogens is 1. The summed E-state index contributed by atoms with van der Waals surface area (Å²) in [5.74, 6) is -0.170. The molecule has 1 fully saturated rings. The van der Waals surface area contributed by atoms with Gasteiger partial charge in [-0.15, -0.1) is 0 Å². The molecule has 2 heterocycles. The number of anilines is 1. The van der Waals surface area contributed by atoms with Gasteiger partial charge in [0, 0.05) is 46.5 Å². The third kappa shape index (κ3) is 4.52. The third-order valence-corrected chi connectivity index (χ3v) is 8.23. The van der Waals surface area contributed by atoms with E-state index >= 15 is 0 Å². The lowest BCUT2D eigenvalue weighted by molar-refractivity contribution is -0.0210. The highest BCUT2D eigenvalue weighted by atomic mass is 35.5. The van der Waals surface area contributed by atoms with Crippen LogP contribution in [0.1, 0.15) is 28.8 Å². The highest BCUT2D eigenvalue weighted by Crippen LogP contribution is 2.37. The second kappa shape index (κ2) is 9.03. The van der Waals surface area contributed by atoms with Crippen LogP contribution in [0.3, 0.4) is 0 Å². The summed E-state index contributed by atoms with van der Waals surface area (Å²) in [6.07, 6.45) is 2.45. The van der Waals surface area contributed by atoms with Crippen molar-refractivity contribution in [2.45, 2.75) is 23.3 Å². The Morgan fingerprint density at radius 3 is 2.40 bits per heavy atom. The first-order valence-corrected chi connectivity index (χ1v) is 13.1. The third-order valence-electron chi connectivity index (χ3n) is 6.48. The summed E-state index contributed by atoms with van der Waals surface area (Å²) in [7, 11) is -3.82. The minimum Gasteiger partial charge on any atom is -0.385 e. The maximum absolute atomic E-state index is 13.0. The second-order valence-electron chi connectivity index (χ2n) is 8.68. The number of nitrogens with one attached hydrogen (secondary N) is 2. The molecule has 9 heteroatoms. The van der Waals surface area contributed by atoms with Crippen molar-refractivity contribution in [3.05, 3.63) is 95.1 Å². The van der Waals surface area contributed by atoms with Gasteiger partial charge in [0.1, 0.15) is 4.90 Å². The van der Waals surface area contributed by atoms with E-state index in [-0.39, 0.29) is 10.8 Å². The van der Waals surface area contributed by atoms with E-state index < -0.39 is 15.6 Å². The molecule has 3 aromatic carbocycles. The van der Waals surface area contributed by atoms with Gasteiger partial charge in [-0.1, -0.05) is 41.9 Å². The lowest BCUT2D eigenvalue weighted by atomic mass is 9.84. The number of carbonyl (C=O) groups is 1. The number of aromatic amines is 1. The molecule has 7 nitrogen and oxygen atoms in total. The van der Waals surface area contributed by atoms with Crippen LogP contribution < -0.4 is 4.72 Å². The number of para-hydroxylation sites is 1. The van der Waals surface area contributed by atoms with E-state index in [0.717, 1.165) is 5.39 Å². The van der Waals surface area contributed by atoms with Gasteiger partial charge in [0.05, 0.1) is 11.1 Å². The van der Waals surface area contributed by atoms with Gasteiger partial charge < -0.3 is 15.0 Å². The normalized spacial score (nSPS) is 15.8. The maximum atomic E-state index is 13.0. The van der Waals surface area contributed by atoms with Gasteiger partial charge in [-0.05, 0) is 55.3 Å². The van der Waals surface area contributed by atoms with E-state index in [0.29, 0.717) is 53.3 Å². The Labute approximate surface area is 208 Å². The number of likely N-dealkylation sites (tertiary alicyclic amines) is 1. The van der Waals surface area contributed by atoms with Crippen LogP contribution in [0, 0.1) is 0 Å². The monoisotopic (exact) mass is 509 g/mol. The van der Waals surface area contributed by atoms with Crippen LogP contribution in [0.25, 0.3) is 10.9 Å². The molecule has 1 amide bonds. The Balaban J connectivity index is 1.27.